The largest absolute Gasteiger partial charge is 0.390 e. The van der Waals surface area contributed by atoms with Gasteiger partial charge in [0.1, 0.15) is 0 Å². The number of hydrogen-bond donors (Lipinski definition) is 1. The third-order valence-corrected chi connectivity index (χ3v) is 2.23. The maximum absolute atomic E-state index is 9.45. The second-order valence-corrected chi connectivity index (χ2v) is 3.52. The highest BCUT2D eigenvalue weighted by Crippen LogP contribution is 2.39. The summed E-state index contributed by atoms with van der Waals surface area (Å²) in [6.45, 7) is 2.18. The van der Waals surface area contributed by atoms with Crippen molar-refractivity contribution in [1.82, 2.24) is 0 Å². The Kier molecular flexibility index (Phi) is 3.13. The van der Waals surface area contributed by atoms with Gasteiger partial charge in [-0.1, -0.05) is 25.5 Å². The first-order valence-electron chi connectivity index (χ1n) is 4.64. The van der Waals surface area contributed by atoms with Crippen LogP contribution in [0.25, 0.3) is 0 Å². The van der Waals surface area contributed by atoms with Crippen molar-refractivity contribution in [2.75, 3.05) is 0 Å². The van der Waals surface area contributed by atoms with E-state index >= 15 is 0 Å². The van der Waals surface area contributed by atoms with Gasteiger partial charge in [-0.25, -0.2) is 0 Å². The fraction of sp³-hybridized carbons (Fsp3) is 0.800. The molecule has 0 aliphatic heterocycles. The molecule has 1 fully saturated rings. The number of allylic oxidation sites excluding steroid dienone is 2. The molecule has 1 saturated carbocycles. The van der Waals surface area contributed by atoms with Crippen molar-refractivity contribution >= 4 is 0 Å². The lowest BCUT2D eigenvalue weighted by atomic mass is 10.1. The second kappa shape index (κ2) is 3.91. The van der Waals surface area contributed by atoms with Crippen LogP contribution in [0.2, 0.25) is 0 Å². The summed E-state index contributed by atoms with van der Waals surface area (Å²) in [6, 6.07) is 0. The summed E-state index contributed by atoms with van der Waals surface area (Å²) in [7, 11) is 0. The first-order valence-corrected chi connectivity index (χ1v) is 4.64. The van der Waals surface area contributed by atoms with Crippen LogP contribution < -0.4 is 0 Å². The molecule has 11 heavy (non-hydrogen) atoms. The molecule has 0 radical (unpaired) electrons. The summed E-state index contributed by atoms with van der Waals surface area (Å²) < 4.78 is 0. The van der Waals surface area contributed by atoms with E-state index in [9.17, 15) is 5.11 Å². The van der Waals surface area contributed by atoms with Crippen LogP contribution in [0, 0.1) is 0 Å². The van der Waals surface area contributed by atoms with E-state index in [1.165, 1.54) is 12.8 Å². The Morgan fingerprint density at radius 3 is 2.45 bits per heavy atom. The van der Waals surface area contributed by atoms with Crippen LogP contribution in [-0.2, 0) is 0 Å². The van der Waals surface area contributed by atoms with Crippen LogP contribution in [0.4, 0.5) is 0 Å². The highest BCUT2D eigenvalue weighted by atomic mass is 16.3. The zero-order valence-corrected chi connectivity index (χ0v) is 7.34. The number of aliphatic hydroxyl groups is 1. The van der Waals surface area contributed by atoms with Gasteiger partial charge in [0.05, 0.1) is 5.60 Å². The van der Waals surface area contributed by atoms with Crippen molar-refractivity contribution in [3.63, 3.8) is 0 Å². The lowest BCUT2D eigenvalue weighted by Crippen LogP contribution is -2.04. The molecule has 0 saturated heterocycles. The minimum Gasteiger partial charge on any atom is -0.390 e. The highest BCUT2D eigenvalue weighted by molar-refractivity contribution is 4.95. The third kappa shape index (κ3) is 3.57. The fourth-order valence-electron chi connectivity index (χ4n) is 1.15. The van der Waals surface area contributed by atoms with Gasteiger partial charge in [-0.3, -0.25) is 0 Å². The molecule has 0 atom stereocenters. The van der Waals surface area contributed by atoms with E-state index < -0.39 is 0 Å². The number of rotatable bonds is 5. The Morgan fingerprint density at radius 2 is 1.91 bits per heavy atom. The maximum atomic E-state index is 9.45. The molecule has 1 N–H and O–H groups in total. The lowest BCUT2D eigenvalue weighted by molar-refractivity contribution is 0.141. The summed E-state index contributed by atoms with van der Waals surface area (Å²) in [5.74, 6) is 0. The van der Waals surface area contributed by atoms with Gasteiger partial charge in [0.15, 0.2) is 0 Å². The standard InChI is InChI=1S/C10H18O/c1-2-3-4-5-6-7-10(11)8-9-10/h4-5,11H,2-3,6-9H2,1H3/b5-4+. The van der Waals surface area contributed by atoms with Crippen molar-refractivity contribution in [2.24, 2.45) is 0 Å². The first-order chi connectivity index (χ1) is 5.27. The van der Waals surface area contributed by atoms with E-state index in [1.807, 2.05) is 0 Å². The predicted molar refractivity (Wildman–Crippen MR) is 47.5 cm³/mol. The van der Waals surface area contributed by atoms with Gasteiger partial charge >= 0.3 is 0 Å². The zero-order chi connectivity index (χ0) is 8.16. The van der Waals surface area contributed by atoms with Gasteiger partial charge < -0.3 is 5.11 Å². The smallest absolute Gasteiger partial charge is 0.0652 e. The SMILES string of the molecule is CCC/C=C/CCC1(O)CC1. The van der Waals surface area contributed by atoms with Gasteiger partial charge in [-0.15, -0.1) is 0 Å². The molecule has 1 rings (SSSR count). The molecule has 0 spiro atoms. The summed E-state index contributed by atoms with van der Waals surface area (Å²) >= 11 is 0. The molecular formula is C10H18O. The minimum atomic E-state index is -0.253. The van der Waals surface area contributed by atoms with E-state index in [0.717, 1.165) is 25.7 Å². The van der Waals surface area contributed by atoms with Gasteiger partial charge in [0.2, 0.25) is 0 Å². The minimum absolute atomic E-state index is 0.253. The molecule has 0 heterocycles. The topological polar surface area (TPSA) is 20.2 Å². The van der Waals surface area contributed by atoms with Gasteiger partial charge in [-0.05, 0) is 32.1 Å². The molecular weight excluding hydrogens is 136 g/mol. The first kappa shape index (κ1) is 8.79. The van der Waals surface area contributed by atoms with E-state index in [-0.39, 0.29) is 5.60 Å². The van der Waals surface area contributed by atoms with Crippen LogP contribution in [0.1, 0.15) is 45.4 Å². The monoisotopic (exact) mass is 154 g/mol. The Balaban J connectivity index is 1.95. The lowest BCUT2D eigenvalue weighted by Gasteiger charge is -2.02. The normalized spacial score (nSPS) is 20.9. The second-order valence-electron chi connectivity index (χ2n) is 3.52. The fourth-order valence-corrected chi connectivity index (χ4v) is 1.15. The summed E-state index contributed by atoms with van der Waals surface area (Å²) in [6.07, 6.45) is 10.9. The van der Waals surface area contributed by atoms with E-state index in [1.54, 1.807) is 0 Å². The van der Waals surface area contributed by atoms with Crippen LogP contribution in [0.3, 0.4) is 0 Å². The van der Waals surface area contributed by atoms with Crippen LogP contribution >= 0.6 is 0 Å². The van der Waals surface area contributed by atoms with Crippen molar-refractivity contribution in [2.45, 2.75) is 51.0 Å². The molecule has 0 aromatic carbocycles. The predicted octanol–water partition coefficient (Wildman–Crippen LogP) is 2.65. The van der Waals surface area contributed by atoms with Gasteiger partial charge in [0.25, 0.3) is 0 Å². The molecule has 64 valence electrons. The van der Waals surface area contributed by atoms with Gasteiger partial charge in [0, 0.05) is 0 Å². The van der Waals surface area contributed by atoms with E-state index in [2.05, 4.69) is 19.1 Å². The molecule has 0 unspecified atom stereocenters. The molecule has 0 amide bonds. The van der Waals surface area contributed by atoms with Crippen molar-refractivity contribution in [3.8, 4) is 0 Å². The van der Waals surface area contributed by atoms with E-state index in [0.29, 0.717) is 0 Å². The van der Waals surface area contributed by atoms with Crippen LogP contribution in [-0.4, -0.2) is 10.7 Å². The Labute approximate surface area is 69.1 Å². The maximum Gasteiger partial charge on any atom is 0.0652 e. The van der Waals surface area contributed by atoms with Crippen molar-refractivity contribution in [1.29, 1.82) is 0 Å². The quantitative estimate of drug-likeness (QED) is 0.603. The average Bonchev–Trinajstić information content (AvgIpc) is 2.69. The molecule has 0 aromatic heterocycles. The van der Waals surface area contributed by atoms with Crippen LogP contribution in [0.15, 0.2) is 12.2 Å². The van der Waals surface area contributed by atoms with Gasteiger partial charge in [-0.2, -0.15) is 0 Å². The zero-order valence-electron chi connectivity index (χ0n) is 7.34. The molecule has 1 nitrogen and oxygen atoms in total. The molecule has 0 aromatic rings. The number of unbranched alkanes of at least 4 members (excludes halogenated alkanes) is 1. The Morgan fingerprint density at radius 1 is 1.27 bits per heavy atom. The highest BCUT2D eigenvalue weighted by Gasteiger charge is 2.38. The third-order valence-electron chi connectivity index (χ3n) is 2.23. The summed E-state index contributed by atoms with van der Waals surface area (Å²) in [5, 5.41) is 9.45. The van der Waals surface area contributed by atoms with Crippen molar-refractivity contribution in [3.05, 3.63) is 12.2 Å². The Hall–Kier alpha value is -0.300. The van der Waals surface area contributed by atoms with Crippen LogP contribution in [0.5, 0.6) is 0 Å². The Bertz CT molecular complexity index is 134. The molecule has 1 aliphatic carbocycles. The molecule has 0 bridgehead atoms. The van der Waals surface area contributed by atoms with E-state index in [4.69, 9.17) is 0 Å². The summed E-state index contributed by atoms with van der Waals surface area (Å²) in [4.78, 5) is 0. The van der Waals surface area contributed by atoms with Crippen molar-refractivity contribution < 1.29 is 5.11 Å². The molecule has 1 heteroatoms. The average molecular weight is 154 g/mol. The summed E-state index contributed by atoms with van der Waals surface area (Å²) in [5.41, 5.74) is -0.253. The molecule has 1 aliphatic rings. The number of hydrogen-bond acceptors (Lipinski definition) is 1.